The number of furan rings is 1. The van der Waals surface area contributed by atoms with E-state index in [-0.39, 0.29) is 0 Å². The fourth-order valence-corrected chi connectivity index (χ4v) is 8.98. The first-order valence-electron chi connectivity index (χ1n) is 18.7. The third-order valence-electron chi connectivity index (χ3n) is 10.5. The molecule has 0 aliphatic heterocycles. The second kappa shape index (κ2) is 13.3. The van der Waals surface area contributed by atoms with Crippen molar-refractivity contribution < 1.29 is 4.42 Å². The van der Waals surface area contributed by atoms with Crippen LogP contribution in [0.3, 0.4) is 0 Å². The van der Waals surface area contributed by atoms with E-state index < -0.39 is 0 Å². The molecule has 0 saturated heterocycles. The van der Waals surface area contributed by atoms with Crippen LogP contribution >= 0.6 is 11.3 Å². The van der Waals surface area contributed by atoms with Gasteiger partial charge in [-0.05, 0) is 75.8 Å². The van der Waals surface area contributed by atoms with E-state index in [1.165, 1.54) is 36.9 Å². The molecule has 56 heavy (non-hydrogen) atoms. The molecule has 3 heterocycles. The summed E-state index contributed by atoms with van der Waals surface area (Å²) in [6.07, 6.45) is 0. The van der Waals surface area contributed by atoms with E-state index in [0.717, 1.165) is 55.3 Å². The van der Waals surface area contributed by atoms with Gasteiger partial charge in [-0.3, -0.25) is 0 Å². The van der Waals surface area contributed by atoms with Crippen molar-refractivity contribution in [3.63, 3.8) is 0 Å². The van der Waals surface area contributed by atoms with E-state index in [1.54, 1.807) is 0 Å². The van der Waals surface area contributed by atoms with Gasteiger partial charge in [0.2, 0.25) is 0 Å². The Labute approximate surface area is 327 Å². The molecule has 262 valence electrons. The lowest BCUT2D eigenvalue weighted by atomic mass is 9.96. The fraction of sp³-hybridized carbons (Fsp3) is 0. The molecule has 0 aliphatic carbocycles. The number of rotatable bonds is 6. The zero-order valence-corrected chi connectivity index (χ0v) is 30.9. The SMILES string of the molecule is c1ccc(-c2cccc(-c3nc(-c4ccccc4)nc(-c4cccc5oc6ccc(-c7cccc8sc9ccc(-c%10ccccc%10)cc9c78)cc6c45)n3)c2)cc1. The van der Waals surface area contributed by atoms with Crippen LogP contribution in [-0.4, -0.2) is 15.0 Å². The highest BCUT2D eigenvalue weighted by atomic mass is 32.1. The molecule has 3 aromatic heterocycles. The number of nitrogens with zero attached hydrogens (tertiary/aromatic N) is 3. The minimum Gasteiger partial charge on any atom is -0.456 e. The van der Waals surface area contributed by atoms with Crippen molar-refractivity contribution in [3.05, 3.63) is 188 Å². The second-order valence-corrected chi connectivity index (χ2v) is 15.1. The first-order valence-corrected chi connectivity index (χ1v) is 19.5. The molecular formula is C51H31N3OS. The number of aromatic nitrogens is 3. The van der Waals surface area contributed by atoms with Crippen molar-refractivity contribution >= 4 is 53.4 Å². The topological polar surface area (TPSA) is 51.8 Å². The molecule has 0 bridgehead atoms. The molecule has 0 amide bonds. The lowest BCUT2D eigenvalue weighted by Crippen LogP contribution is -2.00. The van der Waals surface area contributed by atoms with Gasteiger partial charge in [0.25, 0.3) is 0 Å². The van der Waals surface area contributed by atoms with Gasteiger partial charge in [0.1, 0.15) is 11.2 Å². The van der Waals surface area contributed by atoms with Gasteiger partial charge >= 0.3 is 0 Å². The number of hydrogen-bond acceptors (Lipinski definition) is 5. The molecule has 0 spiro atoms. The van der Waals surface area contributed by atoms with Gasteiger partial charge in [0.05, 0.1) is 0 Å². The van der Waals surface area contributed by atoms with Crippen LogP contribution in [0.4, 0.5) is 0 Å². The molecule has 0 radical (unpaired) electrons. The number of benzene rings is 8. The second-order valence-electron chi connectivity index (χ2n) is 14.0. The Morgan fingerprint density at radius 3 is 1.66 bits per heavy atom. The van der Waals surface area contributed by atoms with Crippen LogP contribution in [0.15, 0.2) is 192 Å². The highest BCUT2D eigenvalue weighted by molar-refractivity contribution is 7.26. The number of hydrogen-bond donors (Lipinski definition) is 0. The van der Waals surface area contributed by atoms with Gasteiger partial charge in [-0.1, -0.05) is 146 Å². The Morgan fingerprint density at radius 2 is 0.893 bits per heavy atom. The maximum absolute atomic E-state index is 6.54. The van der Waals surface area contributed by atoms with Crippen molar-refractivity contribution in [2.75, 3.05) is 0 Å². The minimum absolute atomic E-state index is 0.594. The normalized spacial score (nSPS) is 11.6. The smallest absolute Gasteiger partial charge is 0.164 e. The summed E-state index contributed by atoms with van der Waals surface area (Å²) in [4.78, 5) is 15.4. The Bertz CT molecular complexity index is 3240. The van der Waals surface area contributed by atoms with Crippen molar-refractivity contribution in [1.29, 1.82) is 0 Å². The van der Waals surface area contributed by atoms with Crippen LogP contribution < -0.4 is 0 Å². The van der Waals surface area contributed by atoms with E-state index in [1.807, 2.05) is 59.9 Å². The summed E-state index contributed by atoms with van der Waals surface area (Å²) in [6.45, 7) is 0. The molecular weight excluding hydrogens is 703 g/mol. The van der Waals surface area contributed by atoms with E-state index in [9.17, 15) is 0 Å². The predicted octanol–water partition coefficient (Wildman–Crippen LogP) is 14.1. The Morgan fingerprint density at radius 1 is 0.321 bits per heavy atom. The summed E-state index contributed by atoms with van der Waals surface area (Å²) in [5, 5.41) is 4.53. The third kappa shape index (κ3) is 5.56. The minimum atomic E-state index is 0.594. The van der Waals surface area contributed by atoms with Crippen molar-refractivity contribution in [3.8, 4) is 67.5 Å². The zero-order chi connectivity index (χ0) is 37.0. The van der Waals surface area contributed by atoms with Gasteiger partial charge in [-0.25, -0.2) is 15.0 Å². The van der Waals surface area contributed by atoms with Gasteiger partial charge < -0.3 is 4.42 Å². The average molecular weight is 734 g/mol. The molecule has 5 heteroatoms. The molecule has 0 saturated carbocycles. The van der Waals surface area contributed by atoms with Crippen molar-refractivity contribution in [2.45, 2.75) is 0 Å². The Kier molecular flexibility index (Phi) is 7.64. The summed E-state index contributed by atoms with van der Waals surface area (Å²) in [5.41, 5.74) is 11.3. The van der Waals surface area contributed by atoms with E-state index in [4.69, 9.17) is 19.4 Å². The van der Waals surface area contributed by atoms with Crippen molar-refractivity contribution in [2.24, 2.45) is 0 Å². The molecule has 4 nitrogen and oxygen atoms in total. The van der Waals surface area contributed by atoms with Crippen LogP contribution in [0.1, 0.15) is 0 Å². The quantitative estimate of drug-likeness (QED) is 0.171. The lowest BCUT2D eigenvalue weighted by Gasteiger charge is -2.10. The molecule has 0 unspecified atom stereocenters. The fourth-order valence-electron chi connectivity index (χ4n) is 7.87. The van der Waals surface area contributed by atoms with Gasteiger partial charge in [0, 0.05) is 47.6 Å². The zero-order valence-electron chi connectivity index (χ0n) is 30.1. The van der Waals surface area contributed by atoms with Gasteiger partial charge in [-0.15, -0.1) is 11.3 Å². The van der Waals surface area contributed by atoms with Crippen LogP contribution in [0.25, 0.3) is 110 Å². The summed E-state index contributed by atoms with van der Waals surface area (Å²) in [5.74, 6) is 1.83. The Balaban J connectivity index is 1.10. The van der Waals surface area contributed by atoms with Crippen LogP contribution in [0.5, 0.6) is 0 Å². The molecule has 0 atom stereocenters. The van der Waals surface area contributed by atoms with E-state index >= 15 is 0 Å². The van der Waals surface area contributed by atoms with E-state index in [0.29, 0.717) is 17.5 Å². The first kappa shape index (κ1) is 32.2. The number of fused-ring (bicyclic) bond motifs is 6. The van der Waals surface area contributed by atoms with Crippen LogP contribution in [0, 0.1) is 0 Å². The summed E-state index contributed by atoms with van der Waals surface area (Å²) < 4.78 is 9.08. The first-order chi connectivity index (χ1) is 27.7. The monoisotopic (exact) mass is 733 g/mol. The van der Waals surface area contributed by atoms with Gasteiger partial charge in [-0.2, -0.15) is 0 Å². The van der Waals surface area contributed by atoms with Crippen molar-refractivity contribution in [1.82, 2.24) is 15.0 Å². The highest BCUT2D eigenvalue weighted by Crippen LogP contribution is 2.44. The average Bonchev–Trinajstić information content (AvgIpc) is 3.85. The summed E-state index contributed by atoms with van der Waals surface area (Å²) in [7, 11) is 0. The molecule has 0 fully saturated rings. The maximum Gasteiger partial charge on any atom is 0.164 e. The summed E-state index contributed by atoms with van der Waals surface area (Å²) >= 11 is 1.84. The standard InChI is InChI=1S/C51H31N3OS/c1-4-13-32(14-5-1)35-19-10-20-38(29-35)50-52-49(34-17-8-3-9-18-34)53-51(54-50)40-22-11-23-44-47(40)41-31-37(25-27-43(41)55-44)39-21-12-24-46-48(39)42-30-36(26-28-45(42)56-46)33-15-6-2-7-16-33/h1-31H. The molecule has 0 aliphatic rings. The van der Waals surface area contributed by atoms with E-state index in [2.05, 4.69) is 140 Å². The van der Waals surface area contributed by atoms with Crippen LogP contribution in [-0.2, 0) is 0 Å². The Hall–Kier alpha value is -7.21. The lowest BCUT2D eigenvalue weighted by molar-refractivity contribution is 0.669. The highest BCUT2D eigenvalue weighted by Gasteiger charge is 2.20. The predicted molar refractivity (Wildman–Crippen MR) is 233 cm³/mol. The van der Waals surface area contributed by atoms with Gasteiger partial charge in [0.15, 0.2) is 17.5 Å². The molecule has 0 N–H and O–H groups in total. The molecule has 11 aromatic rings. The third-order valence-corrected chi connectivity index (χ3v) is 11.7. The largest absolute Gasteiger partial charge is 0.456 e. The maximum atomic E-state index is 6.54. The molecule has 8 aromatic carbocycles. The summed E-state index contributed by atoms with van der Waals surface area (Å²) in [6, 6.07) is 65.7. The molecule has 11 rings (SSSR count). The van der Waals surface area contributed by atoms with Crippen LogP contribution in [0.2, 0.25) is 0 Å². The number of thiophene rings is 1.